The lowest BCUT2D eigenvalue weighted by molar-refractivity contribution is -0.128. The Balaban J connectivity index is 1.53. The molecule has 0 bridgehead atoms. The van der Waals surface area contributed by atoms with Gasteiger partial charge in [0.2, 0.25) is 5.91 Å². The Labute approximate surface area is 197 Å². The molecule has 6 heteroatoms. The number of carbonyl (C=O) groups is 1. The van der Waals surface area contributed by atoms with Crippen LogP contribution in [-0.4, -0.2) is 71.0 Å². The fourth-order valence-corrected chi connectivity index (χ4v) is 8.67. The van der Waals surface area contributed by atoms with E-state index in [-0.39, 0.29) is 23.4 Å². The molecule has 0 radical (unpaired) electrons. The maximum Gasteiger partial charge on any atom is 0.238 e. The lowest BCUT2D eigenvalue weighted by atomic mass is 9.59. The maximum absolute atomic E-state index is 14.6. The molecule has 2 saturated heterocycles. The number of rotatable bonds is 1. The number of carbonyl (C=O) groups excluding carboxylic acids is 1. The van der Waals surface area contributed by atoms with E-state index < -0.39 is 17.1 Å². The van der Waals surface area contributed by atoms with E-state index >= 15 is 0 Å². The predicted octanol–water partition coefficient (Wildman–Crippen LogP) is 2.20. The van der Waals surface area contributed by atoms with Crippen LogP contribution in [0.1, 0.15) is 64.0 Å². The van der Waals surface area contributed by atoms with Gasteiger partial charge in [0, 0.05) is 24.5 Å². The highest BCUT2D eigenvalue weighted by Gasteiger charge is 2.73. The SMILES string of the molecule is CN[C@@]12CN3CCCC[C@H]3C[C@H]1C(C)(C)[C@@]1(C2)C(=O)N2C[C@](C)(O)[C@H](O)Cc3cccc1c32. The zero-order valence-electron chi connectivity index (χ0n) is 20.5. The quantitative estimate of drug-likeness (QED) is 0.608. The van der Waals surface area contributed by atoms with Crippen molar-refractivity contribution in [3.05, 3.63) is 29.3 Å². The second-order valence-electron chi connectivity index (χ2n) is 12.4. The van der Waals surface area contributed by atoms with Crippen molar-refractivity contribution in [1.29, 1.82) is 0 Å². The normalized spacial score (nSPS) is 43.9. The zero-order valence-corrected chi connectivity index (χ0v) is 20.5. The van der Waals surface area contributed by atoms with Crippen molar-refractivity contribution >= 4 is 11.6 Å². The highest BCUT2D eigenvalue weighted by atomic mass is 16.3. The molecule has 1 aromatic rings. The number of para-hydroxylation sites is 1. The topological polar surface area (TPSA) is 76.0 Å². The molecular weight excluding hydrogens is 414 g/mol. The van der Waals surface area contributed by atoms with Crippen molar-refractivity contribution in [2.45, 2.75) is 88.0 Å². The molecule has 0 aromatic heterocycles. The van der Waals surface area contributed by atoms with Crippen molar-refractivity contribution in [3.63, 3.8) is 0 Å². The fourth-order valence-electron chi connectivity index (χ4n) is 8.67. The van der Waals surface area contributed by atoms with Crippen LogP contribution in [0, 0.1) is 11.3 Å². The second kappa shape index (κ2) is 6.81. The largest absolute Gasteiger partial charge is 0.390 e. The lowest BCUT2D eigenvalue weighted by Gasteiger charge is -2.53. The monoisotopic (exact) mass is 453 g/mol. The van der Waals surface area contributed by atoms with Gasteiger partial charge in [-0.25, -0.2) is 0 Å². The van der Waals surface area contributed by atoms with Crippen LogP contribution >= 0.6 is 0 Å². The number of nitrogens with zero attached hydrogens (tertiary/aromatic N) is 2. The van der Waals surface area contributed by atoms with Crippen molar-refractivity contribution in [1.82, 2.24) is 10.2 Å². The smallest absolute Gasteiger partial charge is 0.238 e. The van der Waals surface area contributed by atoms with Gasteiger partial charge in [-0.3, -0.25) is 9.69 Å². The summed E-state index contributed by atoms with van der Waals surface area (Å²) in [5.41, 5.74) is 0.736. The summed E-state index contributed by atoms with van der Waals surface area (Å²) >= 11 is 0. The van der Waals surface area contributed by atoms with Gasteiger partial charge in [0.25, 0.3) is 0 Å². The van der Waals surface area contributed by atoms with Gasteiger partial charge in [-0.05, 0) is 68.7 Å². The van der Waals surface area contributed by atoms with Crippen LogP contribution in [0.25, 0.3) is 0 Å². The Morgan fingerprint density at radius 3 is 2.70 bits per heavy atom. The summed E-state index contributed by atoms with van der Waals surface area (Å²) in [4.78, 5) is 19.1. The van der Waals surface area contributed by atoms with Crippen molar-refractivity contribution in [2.24, 2.45) is 11.3 Å². The third-order valence-electron chi connectivity index (χ3n) is 10.5. The first kappa shape index (κ1) is 22.0. The van der Waals surface area contributed by atoms with Crippen LogP contribution < -0.4 is 10.2 Å². The zero-order chi connectivity index (χ0) is 23.4. The number of hydrogen-bond donors (Lipinski definition) is 3. The van der Waals surface area contributed by atoms with E-state index in [0.717, 1.165) is 42.7 Å². The third-order valence-corrected chi connectivity index (χ3v) is 10.5. The van der Waals surface area contributed by atoms with Crippen LogP contribution in [0.15, 0.2) is 18.2 Å². The summed E-state index contributed by atoms with van der Waals surface area (Å²) < 4.78 is 0. The summed E-state index contributed by atoms with van der Waals surface area (Å²) in [6.07, 6.45) is 5.24. The first-order chi connectivity index (χ1) is 15.6. The number of benzene rings is 1. The molecule has 6 rings (SSSR count). The minimum absolute atomic E-state index is 0.109. The van der Waals surface area contributed by atoms with E-state index in [9.17, 15) is 15.0 Å². The molecule has 6 nitrogen and oxygen atoms in total. The molecule has 0 unspecified atom stereocenters. The molecule has 1 amide bonds. The van der Waals surface area contributed by atoms with E-state index in [0.29, 0.717) is 18.4 Å². The summed E-state index contributed by atoms with van der Waals surface area (Å²) in [5, 5.41) is 25.6. The molecule has 3 N–H and O–H groups in total. The van der Waals surface area contributed by atoms with Crippen LogP contribution in [-0.2, 0) is 16.6 Å². The van der Waals surface area contributed by atoms with Gasteiger partial charge in [0.1, 0.15) is 5.60 Å². The number of aliphatic hydroxyl groups is 2. The predicted molar refractivity (Wildman–Crippen MR) is 128 cm³/mol. The standard InChI is InChI=1S/C27H39N3O3/c1-24(2)20-13-18-9-5-6-11-29(18)16-26(20,28-4)14-27(24)19-10-7-8-17-12-21(31)25(3,33)15-30(22(17)19)23(27)32/h7-8,10,18,20-21,28,31,33H,5-6,9,11-16H2,1-4H3/t18-,20-,21+,25-,26-,27+/m0/s1. The van der Waals surface area contributed by atoms with E-state index in [1.165, 1.54) is 19.3 Å². The molecule has 1 aliphatic carbocycles. The average molecular weight is 454 g/mol. The van der Waals surface area contributed by atoms with Gasteiger partial charge >= 0.3 is 0 Å². The molecule has 1 saturated carbocycles. The molecular formula is C27H39N3O3. The van der Waals surface area contributed by atoms with Gasteiger partial charge in [0.05, 0.1) is 23.8 Å². The summed E-state index contributed by atoms with van der Waals surface area (Å²) in [6, 6.07) is 6.84. The first-order valence-corrected chi connectivity index (χ1v) is 12.9. The number of anilines is 1. The molecule has 4 heterocycles. The van der Waals surface area contributed by atoms with Gasteiger partial charge in [0.15, 0.2) is 0 Å². The molecule has 1 aromatic carbocycles. The minimum atomic E-state index is -1.34. The van der Waals surface area contributed by atoms with Gasteiger partial charge in [-0.2, -0.15) is 0 Å². The molecule has 3 fully saturated rings. The van der Waals surface area contributed by atoms with Crippen LogP contribution in [0.4, 0.5) is 5.69 Å². The van der Waals surface area contributed by atoms with Crippen molar-refractivity contribution in [2.75, 3.05) is 31.6 Å². The van der Waals surface area contributed by atoms with Gasteiger partial charge in [-0.1, -0.05) is 38.5 Å². The number of likely N-dealkylation sites (N-methyl/N-ethyl adjacent to an activating group) is 1. The Morgan fingerprint density at radius 2 is 1.94 bits per heavy atom. The minimum Gasteiger partial charge on any atom is -0.390 e. The lowest BCUT2D eigenvalue weighted by Crippen LogP contribution is -2.64. The molecule has 1 spiro atoms. The molecule has 4 aliphatic heterocycles. The van der Waals surface area contributed by atoms with Crippen LogP contribution in [0.2, 0.25) is 0 Å². The number of amides is 1. The van der Waals surface area contributed by atoms with Crippen LogP contribution in [0.5, 0.6) is 0 Å². The van der Waals surface area contributed by atoms with E-state index in [2.05, 4.69) is 37.2 Å². The summed E-state index contributed by atoms with van der Waals surface area (Å²) in [6.45, 7) is 8.62. The summed E-state index contributed by atoms with van der Waals surface area (Å²) in [5.74, 6) is 0.509. The number of nitrogens with one attached hydrogen (secondary N) is 1. The van der Waals surface area contributed by atoms with Gasteiger partial charge in [-0.15, -0.1) is 0 Å². The number of hydrogen-bond acceptors (Lipinski definition) is 5. The van der Waals surface area contributed by atoms with Gasteiger partial charge < -0.3 is 20.4 Å². The highest BCUT2D eigenvalue weighted by Crippen LogP contribution is 2.68. The molecule has 33 heavy (non-hydrogen) atoms. The van der Waals surface area contributed by atoms with E-state index in [1.807, 2.05) is 17.0 Å². The second-order valence-corrected chi connectivity index (χ2v) is 12.4. The number of piperidine rings is 2. The third kappa shape index (κ3) is 2.61. The Bertz CT molecular complexity index is 1010. The number of aliphatic hydroxyl groups excluding tert-OH is 1. The Kier molecular flexibility index (Phi) is 4.54. The first-order valence-electron chi connectivity index (χ1n) is 12.9. The maximum atomic E-state index is 14.6. The fraction of sp³-hybridized carbons (Fsp3) is 0.741. The van der Waals surface area contributed by atoms with E-state index in [4.69, 9.17) is 0 Å². The van der Waals surface area contributed by atoms with Crippen molar-refractivity contribution in [3.8, 4) is 0 Å². The molecule has 6 atom stereocenters. The van der Waals surface area contributed by atoms with Crippen LogP contribution in [0.3, 0.4) is 0 Å². The Morgan fingerprint density at radius 1 is 1.15 bits per heavy atom. The highest BCUT2D eigenvalue weighted by molar-refractivity contribution is 6.10. The van der Waals surface area contributed by atoms with Crippen molar-refractivity contribution < 1.29 is 15.0 Å². The molecule has 5 aliphatic rings. The number of fused-ring (bicyclic) bond motifs is 3. The summed E-state index contributed by atoms with van der Waals surface area (Å²) in [7, 11) is 2.09. The van der Waals surface area contributed by atoms with E-state index in [1.54, 1.807) is 6.92 Å². The average Bonchev–Trinajstić information content (AvgIpc) is 3.09. The molecule has 180 valence electrons. The Hall–Kier alpha value is -1.47.